The first-order valence-electron chi connectivity index (χ1n) is 10.4. The molecule has 196 valence electrons. The summed E-state index contributed by atoms with van der Waals surface area (Å²) >= 11 is 12.3. The van der Waals surface area contributed by atoms with E-state index in [1.807, 2.05) is 0 Å². The number of fused-ring (bicyclic) bond motifs is 8. The summed E-state index contributed by atoms with van der Waals surface area (Å²) in [5.74, 6) is -0.558. The molecule has 2 aromatic heterocycles. The molecule has 5 rings (SSSR count). The van der Waals surface area contributed by atoms with Gasteiger partial charge in [-0.15, -0.1) is 0 Å². The second-order valence-corrected chi connectivity index (χ2v) is 8.69. The number of aromatic nitrogens is 4. The minimum Gasteiger partial charge on any atom is -0.339 e. The van der Waals surface area contributed by atoms with Crippen molar-refractivity contribution < 1.29 is 26.3 Å². The smallest absolute Gasteiger partial charge is 0.339 e. The monoisotopic (exact) mass is 572 g/mol. The Hall–Kier alpha value is -4.04. The maximum atomic E-state index is 13.6. The predicted molar refractivity (Wildman–Crippen MR) is 130 cm³/mol. The van der Waals surface area contributed by atoms with Crippen LogP contribution in [0.15, 0.2) is 48.8 Å². The van der Waals surface area contributed by atoms with Crippen molar-refractivity contribution in [3.05, 3.63) is 70.0 Å². The van der Waals surface area contributed by atoms with Crippen LogP contribution in [0.3, 0.4) is 0 Å². The van der Waals surface area contributed by atoms with Crippen molar-refractivity contribution in [2.45, 2.75) is 12.4 Å². The third-order valence-corrected chi connectivity index (χ3v) is 5.60. The maximum Gasteiger partial charge on any atom is 0.416 e. The molecule has 0 saturated carbocycles. The van der Waals surface area contributed by atoms with E-state index in [2.05, 4.69) is 41.2 Å². The molecule has 0 saturated heterocycles. The average Bonchev–Trinajstić information content (AvgIpc) is 2.81. The zero-order valence-corrected chi connectivity index (χ0v) is 19.9. The van der Waals surface area contributed by atoms with Gasteiger partial charge in [-0.05, 0) is 36.4 Å². The van der Waals surface area contributed by atoms with Gasteiger partial charge in [-0.2, -0.15) is 36.3 Å². The standard InChI is InChI=1S/C22H12Cl2F6N8/c23-15-7-31-20-36-14-4-10(22(28,29)30)2-12(6-14)34-18-16(24)8-32-19(38-18)35-13-3-9(21(25,26)27)1-11(5-13)33-17(15)37-20/h1-8H,(H2,31,33,36,37)(H2,32,34,35,38). The van der Waals surface area contributed by atoms with Crippen LogP contribution >= 0.6 is 23.2 Å². The van der Waals surface area contributed by atoms with E-state index in [1.165, 1.54) is 12.1 Å². The van der Waals surface area contributed by atoms with E-state index in [0.717, 1.165) is 36.7 Å². The van der Waals surface area contributed by atoms with Crippen LogP contribution in [0, 0.1) is 0 Å². The highest BCUT2D eigenvalue weighted by Crippen LogP contribution is 2.38. The van der Waals surface area contributed by atoms with Gasteiger partial charge >= 0.3 is 12.4 Å². The number of hydrogen-bond donors (Lipinski definition) is 4. The number of hydrogen-bond acceptors (Lipinski definition) is 8. The molecule has 4 N–H and O–H groups in total. The number of rotatable bonds is 0. The first-order valence-corrected chi connectivity index (χ1v) is 11.2. The molecule has 4 aromatic rings. The Labute approximate surface area is 219 Å². The number of benzene rings is 2. The molecule has 0 spiro atoms. The molecule has 3 heterocycles. The van der Waals surface area contributed by atoms with Crippen LogP contribution in [-0.2, 0) is 12.4 Å². The van der Waals surface area contributed by atoms with E-state index in [4.69, 9.17) is 23.2 Å². The van der Waals surface area contributed by atoms with Crippen molar-refractivity contribution in [2.24, 2.45) is 0 Å². The minimum absolute atomic E-state index is 0.0549. The summed E-state index contributed by atoms with van der Waals surface area (Å²) in [6.07, 6.45) is -7.13. The van der Waals surface area contributed by atoms with Crippen LogP contribution < -0.4 is 21.3 Å². The van der Waals surface area contributed by atoms with E-state index in [0.29, 0.717) is 0 Å². The van der Waals surface area contributed by atoms with E-state index < -0.39 is 23.5 Å². The first kappa shape index (κ1) is 25.6. The third-order valence-electron chi connectivity index (χ3n) is 5.05. The summed E-state index contributed by atoms with van der Waals surface area (Å²) in [5, 5.41) is 10.6. The first-order chi connectivity index (χ1) is 17.8. The largest absolute Gasteiger partial charge is 0.416 e. The van der Waals surface area contributed by atoms with Crippen molar-refractivity contribution in [1.82, 2.24) is 19.9 Å². The summed E-state index contributed by atoms with van der Waals surface area (Å²) in [6, 6.07) is 5.97. The Morgan fingerprint density at radius 3 is 1.21 bits per heavy atom. The zero-order valence-electron chi connectivity index (χ0n) is 18.4. The third kappa shape index (κ3) is 5.60. The van der Waals surface area contributed by atoms with Crippen LogP contribution in [-0.4, -0.2) is 19.9 Å². The molecule has 0 atom stereocenters. The lowest BCUT2D eigenvalue weighted by atomic mass is 10.1. The fourth-order valence-electron chi connectivity index (χ4n) is 3.43. The Morgan fingerprint density at radius 1 is 0.526 bits per heavy atom. The van der Waals surface area contributed by atoms with E-state index in [-0.39, 0.29) is 56.3 Å². The molecule has 16 heteroatoms. The quantitative estimate of drug-likeness (QED) is 0.139. The number of anilines is 8. The van der Waals surface area contributed by atoms with E-state index in [9.17, 15) is 26.3 Å². The number of alkyl halides is 6. The molecular weight excluding hydrogens is 561 g/mol. The highest BCUT2D eigenvalue weighted by atomic mass is 35.5. The summed E-state index contributed by atoms with van der Waals surface area (Å²) in [6.45, 7) is 0. The molecule has 0 unspecified atom stereocenters. The maximum absolute atomic E-state index is 13.6. The Bertz CT molecular complexity index is 1430. The fraction of sp³-hybridized carbons (Fsp3) is 0.0909. The molecule has 0 radical (unpaired) electrons. The van der Waals surface area contributed by atoms with Gasteiger partial charge in [0.05, 0.1) is 23.5 Å². The van der Waals surface area contributed by atoms with Crippen molar-refractivity contribution >= 4 is 69.5 Å². The SMILES string of the molecule is FC(F)(F)c1cc2cc(c1)Nc1nc(ncc1Cl)Nc1cc(cc(C(F)(F)F)c1)Nc1nc(ncc1Cl)N2. The van der Waals surface area contributed by atoms with E-state index in [1.54, 1.807) is 0 Å². The van der Waals surface area contributed by atoms with Crippen molar-refractivity contribution in [2.75, 3.05) is 21.3 Å². The van der Waals surface area contributed by atoms with Crippen molar-refractivity contribution in [3.8, 4) is 0 Å². The van der Waals surface area contributed by atoms with Crippen molar-refractivity contribution in [1.29, 1.82) is 0 Å². The van der Waals surface area contributed by atoms with Crippen molar-refractivity contribution in [3.63, 3.8) is 0 Å². The Kier molecular flexibility index (Phi) is 6.31. The number of halogens is 8. The molecule has 38 heavy (non-hydrogen) atoms. The summed E-state index contributed by atoms with van der Waals surface area (Å²) in [4.78, 5) is 16.1. The Balaban J connectivity index is 1.70. The van der Waals surface area contributed by atoms with E-state index >= 15 is 0 Å². The molecule has 8 bridgehead atoms. The highest BCUT2D eigenvalue weighted by molar-refractivity contribution is 6.33. The van der Waals surface area contributed by atoms with Gasteiger partial charge in [0.25, 0.3) is 0 Å². The van der Waals surface area contributed by atoms with Gasteiger partial charge in [0.1, 0.15) is 10.0 Å². The predicted octanol–water partition coefficient (Wildman–Crippen LogP) is 7.90. The zero-order chi connectivity index (χ0) is 27.2. The summed E-state index contributed by atoms with van der Waals surface area (Å²) < 4.78 is 81.7. The van der Waals surface area contributed by atoms with Gasteiger partial charge in [0.15, 0.2) is 11.6 Å². The van der Waals surface area contributed by atoms with Crippen LogP contribution in [0.4, 0.5) is 72.6 Å². The average molecular weight is 573 g/mol. The van der Waals surface area contributed by atoms with Gasteiger partial charge in [-0.25, -0.2) is 9.97 Å². The lowest BCUT2D eigenvalue weighted by Crippen LogP contribution is -2.10. The van der Waals surface area contributed by atoms with Crippen LogP contribution in [0.5, 0.6) is 0 Å². The van der Waals surface area contributed by atoms with Gasteiger partial charge in [-0.3, -0.25) is 0 Å². The van der Waals surface area contributed by atoms with Gasteiger partial charge < -0.3 is 21.3 Å². The normalized spacial score (nSPS) is 13.1. The second kappa shape index (κ2) is 9.36. The molecule has 8 nitrogen and oxygen atoms in total. The molecule has 0 aliphatic carbocycles. The summed E-state index contributed by atoms with van der Waals surface area (Å²) in [5.41, 5.74) is -2.25. The van der Waals surface area contributed by atoms with Gasteiger partial charge in [0, 0.05) is 22.7 Å². The number of nitrogens with zero attached hydrogens (tertiary/aromatic N) is 4. The summed E-state index contributed by atoms with van der Waals surface area (Å²) in [7, 11) is 0. The second-order valence-electron chi connectivity index (χ2n) is 7.87. The lowest BCUT2D eigenvalue weighted by molar-refractivity contribution is -0.138. The molecule has 0 fully saturated rings. The fourth-order valence-corrected chi connectivity index (χ4v) is 3.71. The topological polar surface area (TPSA) is 99.7 Å². The van der Waals surface area contributed by atoms with Gasteiger partial charge in [0.2, 0.25) is 11.9 Å². The Morgan fingerprint density at radius 2 is 0.868 bits per heavy atom. The lowest BCUT2D eigenvalue weighted by Gasteiger charge is -2.17. The molecule has 0 amide bonds. The minimum atomic E-state index is -4.70. The van der Waals surface area contributed by atoms with Crippen LogP contribution in [0.25, 0.3) is 0 Å². The molecule has 2 aromatic carbocycles. The molecular formula is C22H12Cl2F6N8. The number of nitrogens with one attached hydrogen (secondary N) is 4. The highest BCUT2D eigenvalue weighted by Gasteiger charge is 2.32. The van der Waals surface area contributed by atoms with Crippen LogP contribution in [0.1, 0.15) is 11.1 Å². The van der Waals surface area contributed by atoms with Crippen LogP contribution in [0.2, 0.25) is 10.0 Å². The molecule has 1 aliphatic heterocycles. The molecule has 1 aliphatic rings. The van der Waals surface area contributed by atoms with Gasteiger partial charge in [-0.1, -0.05) is 23.2 Å².